The van der Waals surface area contributed by atoms with Gasteiger partial charge in [-0.15, -0.1) is 0 Å². The molecule has 22 heavy (non-hydrogen) atoms. The van der Waals surface area contributed by atoms with Crippen LogP contribution in [0.3, 0.4) is 0 Å². The van der Waals surface area contributed by atoms with E-state index < -0.39 is 0 Å². The van der Waals surface area contributed by atoms with Crippen LogP contribution in [0.5, 0.6) is 0 Å². The first-order chi connectivity index (χ1) is 10.6. The lowest BCUT2D eigenvalue weighted by Crippen LogP contribution is -2.06. The predicted octanol–water partition coefficient (Wildman–Crippen LogP) is 4.81. The van der Waals surface area contributed by atoms with Crippen molar-refractivity contribution in [2.24, 2.45) is 0 Å². The van der Waals surface area contributed by atoms with E-state index in [9.17, 15) is 4.79 Å². The van der Waals surface area contributed by atoms with Gasteiger partial charge in [-0.2, -0.15) is 0 Å². The first kappa shape index (κ1) is 16.3. The smallest absolute Gasteiger partial charge is 0.330 e. The van der Waals surface area contributed by atoms with Gasteiger partial charge in [-0.3, -0.25) is 0 Å². The third-order valence-electron chi connectivity index (χ3n) is 3.25. The lowest BCUT2D eigenvalue weighted by molar-refractivity contribution is -0.134. The number of esters is 1. The molecule has 2 aromatic carbocycles. The van der Waals surface area contributed by atoms with E-state index in [-0.39, 0.29) is 12.0 Å². The summed E-state index contributed by atoms with van der Waals surface area (Å²) >= 11 is 3.44. The molecule has 4 heteroatoms. The summed E-state index contributed by atoms with van der Waals surface area (Å²) < 4.78 is 5.66. The zero-order valence-corrected chi connectivity index (χ0v) is 14.1. The number of hydrogen-bond acceptors (Lipinski definition) is 3. The largest absolute Gasteiger partial charge is 0.466 e. The van der Waals surface area contributed by atoms with Crippen molar-refractivity contribution >= 4 is 33.7 Å². The molecule has 0 heterocycles. The van der Waals surface area contributed by atoms with Gasteiger partial charge in [-0.05, 0) is 48.4 Å². The summed E-state index contributed by atoms with van der Waals surface area (Å²) in [6, 6.07) is 16.3. The maximum Gasteiger partial charge on any atom is 0.330 e. The maximum absolute atomic E-state index is 11.1. The Morgan fingerprint density at radius 3 is 2.64 bits per heavy atom. The van der Waals surface area contributed by atoms with Crippen LogP contribution in [0, 0.1) is 0 Å². The number of ether oxygens (including phenoxy) is 1. The molecule has 0 aliphatic carbocycles. The van der Waals surface area contributed by atoms with Crippen LogP contribution in [0.4, 0.5) is 5.69 Å². The van der Waals surface area contributed by atoms with Crippen LogP contribution in [0.2, 0.25) is 0 Å². The molecule has 0 saturated carbocycles. The molecular weight excluding hydrogens is 342 g/mol. The van der Waals surface area contributed by atoms with Gasteiger partial charge in [0.15, 0.2) is 0 Å². The van der Waals surface area contributed by atoms with Gasteiger partial charge in [0.1, 0.15) is 0 Å². The highest BCUT2D eigenvalue weighted by molar-refractivity contribution is 9.10. The van der Waals surface area contributed by atoms with Crippen molar-refractivity contribution in [2.75, 3.05) is 12.4 Å². The SMILES string of the molecule is COC(=O)/C=C/c1cccc(NC(C)c2ccc(Br)cc2)c1. The molecule has 0 aliphatic rings. The normalized spacial score (nSPS) is 12.1. The molecule has 0 saturated heterocycles. The van der Waals surface area contributed by atoms with Crippen LogP contribution in [-0.2, 0) is 9.53 Å². The highest BCUT2D eigenvalue weighted by atomic mass is 79.9. The van der Waals surface area contributed by atoms with Crippen molar-refractivity contribution in [3.8, 4) is 0 Å². The lowest BCUT2D eigenvalue weighted by atomic mass is 10.1. The summed E-state index contributed by atoms with van der Waals surface area (Å²) in [4.78, 5) is 11.1. The van der Waals surface area contributed by atoms with Gasteiger partial charge in [-0.1, -0.05) is 40.2 Å². The van der Waals surface area contributed by atoms with Gasteiger partial charge >= 0.3 is 5.97 Å². The molecule has 2 rings (SSSR count). The number of carbonyl (C=O) groups is 1. The average molecular weight is 360 g/mol. The van der Waals surface area contributed by atoms with Crippen LogP contribution in [0.1, 0.15) is 24.1 Å². The lowest BCUT2D eigenvalue weighted by Gasteiger charge is -2.16. The zero-order chi connectivity index (χ0) is 15.9. The minimum Gasteiger partial charge on any atom is -0.466 e. The molecule has 0 spiro atoms. The molecule has 2 aromatic rings. The molecule has 1 atom stereocenters. The first-order valence-electron chi connectivity index (χ1n) is 6.96. The Labute approximate surface area is 139 Å². The van der Waals surface area contributed by atoms with Gasteiger partial charge in [0.25, 0.3) is 0 Å². The Morgan fingerprint density at radius 2 is 1.95 bits per heavy atom. The summed E-state index contributed by atoms with van der Waals surface area (Å²) in [5.74, 6) is -0.360. The van der Waals surface area contributed by atoms with Gasteiger partial charge in [0.2, 0.25) is 0 Å². The fourth-order valence-corrected chi connectivity index (χ4v) is 2.31. The molecule has 0 aromatic heterocycles. The predicted molar refractivity (Wildman–Crippen MR) is 93.7 cm³/mol. The molecule has 0 amide bonds. The molecule has 0 radical (unpaired) electrons. The Morgan fingerprint density at radius 1 is 1.23 bits per heavy atom. The van der Waals surface area contributed by atoms with Crippen LogP contribution in [0.25, 0.3) is 6.08 Å². The standard InChI is InChI=1S/C18H18BrNO2/c1-13(15-7-9-16(19)10-8-15)20-17-5-3-4-14(12-17)6-11-18(21)22-2/h3-13,20H,1-2H3/b11-6+. The second-order valence-electron chi connectivity index (χ2n) is 4.90. The second kappa shape index (κ2) is 7.80. The van der Waals surface area contributed by atoms with E-state index in [1.807, 2.05) is 36.4 Å². The first-order valence-corrected chi connectivity index (χ1v) is 7.76. The number of rotatable bonds is 5. The van der Waals surface area contributed by atoms with E-state index in [1.54, 1.807) is 6.08 Å². The summed E-state index contributed by atoms with van der Waals surface area (Å²) in [5.41, 5.74) is 3.15. The maximum atomic E-state index is 11.1. The van der Waals surface area contributed by atoms with Gasteiger partial charge in [-0.25, -0.2) is 4.79 Å². The van der Waals surface area contributed by atoms with E-state index >= 15 is 0 Å². The number of nitrogens with one attached hydrogen (secondary N) is 1. The topological polar surface area (TPSA) is 38.3 Å². The zero-order valence-electron chi connectivity index (χ0n) is 12.5. The quantitative estimate of drug-likeness (QED) is 0.614. The van der Waals surface area contributed by atoms with Crippen LogP contribution >= 0.6 is 15.9 Å². The minimum absolute atomic E-state index is 0.188. The fraction of sp³-hybridized carbons (Fsp3) is 0.167. The molecule has 0 fully saturated rings. The van der Waals surface area contributed by atoms with Crippen molar-refractivity contribution in [1.29, 1.82) is 0 Å². The number of anilines is 1. The number of carbonyl (C=O) groups excluding carboxylic acids is 1. The van der Waals surface area contributed by atoms with Crippen LogP contribution < -0.4 is 5.32 Å². The molecular formula is C18H18BrNO2. The number of halogens is 1. The molecule has 1 N–H and O–H groups in total. The van der Waals surface area contributed by atoms with E-state index in [0.717, 1.165) is 15.7 Å². The summed E-state index contributed by atoms with van der Waals surface area (Å²) in [6.45, 7) is 2.11. The molecule has 0 aliphatic heterocycles. The molecule has 1 unspecified atom stereocenters. The third kappa shape index (κ3) is 4.74. The van der Waals surface area contributed by atoms with Crippen molar-refractivity contribution < 1.29 is 9.53 Å². The highest BCUT2D eigenvalue weighted by Gasteiger charge is 2.05. The van der Waals surface area contributed by atoms with Crippen molar-refractivity contribution in [1.82, 2.24) is 0 Å². The summed E-state index contributed by atoms with van der Waals surface area (Å²) in [6.07, 6.45) is 3.15. The molecule has 0 bridgehead atoms. The Balaban J connectivity index is 2.08. The van der Waals surface area contributed by atoms with Crippen molar-refractivity contribution in [2.45, 2.75) is 13.0 Å². The third-order valence-corrected chi connectivity index (χ3v) is 3.78. The van der Waals surface area contributed by atoms with Gasteiger partial charge in [0.05, 0.1) is 7.11 Å². The van der Waals surface area contributed by atoms with Gasteiger partial charge in [0, 0.05) is 22.3 Å². The fourth-order valence-electron chi connectivity index (χ4n) is 2.05. The van der Waals surface area contributed by atoms with E-state index in [1.165, 1.54) is 18.7 Å². The number of benzene rings is 2. The highest BCUT2D eigenvalue weighted by Crippen LogP contribution is 2.22. The van der Waals surface area contributed by atoms with Crippen LogP contribution in [-0.4, -0.2) is 13.1 Å². The van der Waals surface area contributed by atoms with Crippen molar-refractivity contribution in [3.63, 3.8) is 0 Å². The summed E-state index contributed by atoms with van der Waals surface area (Å²) in [7, 11) is 1.37. The summed E-state index contributed by atoms with van der Waals surface area (Å²) in [5, 5.41) is 3.45. The average Bonchev–Trinajstić information content (AvgIpc) is 2.53. The monoisotopic (exact) mass is 359 g/mol. The van der Waals surface area contributed by atoms with E-state index in [0.29, 0.717) is 0 Å². The second-order valence-corrected chi connectivity index (χ2v) is 5.82. The van der Waals surface area contributed by atoms with E-state index in [4.69, 9.17) is 0 Å². The molecule has 114 valence electrons. The number of methoxy groups -OCH3 is 1. The Hall–Kier alpha value is -2.07. The number of hydrogen-bond donors (Lipinski definition) is 1. The molecule has 3 nitrogen and oxygen atoms in total. The minimum atomic E-state index is -0.360. The van der Waals surface area contributed by atoms with Gasteiger partial charge < -0.3 is 10.1 Å². The Kier molecular flexibility index (Phi) is 5.78. The van der Waals surface area contributed by atoms with Crippen LogP contribution in [0.15, 0.2) is 59.1 Å². The Bertz CT molecular complexity index is 665. The van der Waals surface area contributed by atoms with Crippen molar-refractivity contribution in [3.05, 3.63) is 70.2 Å². The van der Waals surface area contributed by atoms with E-state index in [2.05, 4.69) is 45.0 Å².